The maximum atomic E-state index is 13.1. The van der Waals surface area contributed by atoms with Crippen LogP contribution in [0.2, 0.25) is 5.02 Å². The molecule has 0 bridgehead atoms. The first-order valence-corrected chi connectivity index (χ1v) is 9.81. The highest BCUT2D eigenvalue weighted by atomic mass is 35.5. The van der Waals surface area contributed by atoms with Crippen molar-refractivity contribution in [2.24, 2.45) is 0 Å². The molecule has 5 rings (SSSR count). The van der Waals surface area contributed by atoms with Crippen LogP contribution < -0.4 is 5.32 Å². The molecule has 0 spiro atoms. The molecule has 0 saturated carbocycles. The van der Waals surface area contributed by atoms with Crippen LogP contribution in [0, 0.1) is 0 Å². The van der Waals surface area contributed by atoms with E-state index in [4.69, 9.17) is 16.3 Å². The molecule has 0 fully saturated rings. The molecule has 4 aromatic rings. The molecular formula is C21H17ClN6O3. The number of ether oxygens (including phenoxy) is 1. The number of amides is 1. The molecule has 0 saturated heterocycles. The fourth-order valence-electron chi connectivity index (χ4n) is 3.67. The van der Waals surface area contributed by atoms with E-state index >= 15 is 0 Å². The van der Waals surface area contributed by atoms with E-state index in [1.165, 1.54) is 6.07 Å². The summed E-state index contributed by atoms with van der Waals surface area (Å²) < 4.78 is 8.99. The molecule has 2 aromatic heterocycles. The molecule has 1 aliphatic rings. The van der Waals surface area contributed by atoms with E-state index in [9.17, 15) is 9.90 Å². The van der Waals surface area contributed by atoms with Gasteiger partial charge in [0.2, 0.25) is 0 Å². The molecule has 3 heterocycles. The van der Waals surface area contributed by atoms with Crippen LogP contribution in [-0.4, -0.2) is 42.4 Å². The highest BCUT2D eigenvalue weighted by Crippen LogP contribution is 2.34. The van der Waals surface area contributed by atoms with Crippen molar-refractivity contribution >= 4 is 23.2 Å². The normalized spacial score (nSPS) is 11.9. The maximum absolute atomic E-state index is 13.1. The van der Waals surface area contributed by atoms with Gasteiger partial charge in [0.05, 0.1) is 23.6 Å². The SMILES string of the molecule is COCc1nnc2n1Cc1c(C(=O)Nc3ccccc3O)ncn1-c1ccc(Cl)cc1-2. The number of rotatable bonds is 4. The Kier molecular flexibility index (Phi) is 4.68. The zero-order valence-corrected chi connectivity index (χ0v) is 17.2. The summed E-state index contributed by atoms with van der Waals surface area (Å²) in [7, 11) is 1.58. The standard InChI is InChI=1S/C21H17ClN6O3/c1-31-10-18-25-26-20-13-8-12(22)6-7-15(13)28-11-23-19(16(28)9-27(18)20)21(30)24-14-4-2-3-5-17(14)29/h2-8,11,29H,9-10H2,1H3,(H,24,30). The summed E-state index contributed by atoms with van der Waals surface area (Å²) in [5, 5.41) is 21.9. The molecule has 0 aliphatic carbocycles. The zero-order valence-electron chi connectivity index (χ0n) is 16.4. The van der Waals surface area contributed by atoms with Crippen molar-refractivity contribution in [3.63, 3.8) is 0 Å². The van der Waals surface area contributed by atoms with E-state index < -0.39 is 5.91 Å². The number of hydrogen-bond acceptors (Lipinski definition) is 6. The summed E-state index contributed by atoms with van der Waals surface area (Å²) in [4.78, 5) is 17.4. The first-order valence-electron chi connectivity index (χ1n) is 9.43. The molecule has 0 radical (unpaired) electrons. The molecule has 10 heteroatoms. The number of halogens is 1. The predicted molar refractivity (Wildman–Crippen MR) is 113 cm³/mol. The van der Waals surface area contributed by atoms with E-state index in [0.717, 1.165) is 11.3 Å². The number of imidazole rings is 1. The lowest BCUT2D eigenvalue weighted by molar-refractivity contribution is 0.102. The number of carbonyl (C=O) groups is 1. The van der Waals surface area contributed by atoms with Gasteiger partial charge in [-0.05, 0) is 30.3 Å². The van der Waals surface area contributed by atoms with Gasteiger partial charge in [0, 0.05) is 17.7 Å². The summed E-state index contributed by atoms with van der Waals surface area (Å²) in [6.45, 7) is 0.563. The lowest BCUT2D eigenvalue weighted by Crippen LogP contribution is -2.17. The molecule has 2 N–H and O–H groups in total. The summed E-state index contributed by atoms with van der Waals surface area (Å²) in [5.74, 6) is 0.783. The number of fused-ring (bicyclic) bond motifs is 5. The summed E-state index contributed by atoms with van der Waals surface area (Å²) in [5.41, 5.74) is 2.73. The van der Waals surface area contributed by atoms with Crippen LogP contribution in [0.25, 0.3) is 17.1 Å². The molecule has 1 amide bonds. The van der Waals surface area contributed by atoms with Crippen LogP contribution in [0.1, 0.15) is 22.0 Å². The van der Waals surface area contributed by atoms with E-state index in [-0.39, 0.29) is 18.1 Å². The second-order valence-corrected chi connectivity index (χ2v) is 7.44. The van der Waals surface area contributed by atoms with Crippen LogP contribution in [-0.2, 0) is 17.9 Å². The number of nitrogens with zero attached hydrogens (tertiary/aromatic N) is 5. The summed E-state index contributed by atoms with van der Waals surface area (Å²) in [6, 6.07) is 12.0. The van der Waals surface area contributed by atoms with E-state index in [0.29, 0.717) is 34.6 Å². The van der Waals surface area contributed by atoms with Gasteiger partial charge in [-0.15, -0.1) is 10.2 Å². The van der Waals surface area contributed by atoms with E-state index in [2.05, 4.69) is 20.5 Å². The van der Waals surface area contributed by atoms with Crippen LogP contribution in [0.15, 0.2) is 48.8 Å². The Labute approximate surface area is 181 Å². The van der Waals surface area contributed by atoms with Gasteiger partial charge in [-0.25, -0.2) is 4.98 Å². The number of benzene rings is 2. The van der Waals surface area contributed by atoms with E-state index in [1.807, 2.05) is 21.3 Å². The van der Waals surface area contributed by atoms with E-state index in [1.54, 1.807) is 37.7 Å². The molecule has 156 valence electrons. The van der Waals surface area contributed by atoms with Crippen molar-refractivity contribution in [2.75, 3.05) is 12.4 Å². The number of para-hydroxylation sites is 2. The van der Waals surface area contributed by atoms with Gasteiger partial charge in [0.25, 0.3) is 5.91 Å². The second kappa shape index (κ2) is 7.53. The smallest absolute Gasteiger partial charge is 0.276 e. The number of methoxy groups -OCH3 is 1. The number of phenolic OH excluding ortho intramolecular Hbond substituents is 1. The quantitative estimate of drug-likeness (QED) is 0.419. The van der Waals surface area contributed by atoms with Crippen molar-refractivity contribution in [3.05, 3.63) is 71.0 Å². The number of carbonyl (C=O) groups excluding carboxylic acids is 1. The van der Waals surface area contributed by atoms with Crippen LogP contribution in [0.5, 0.6) is 5.75 Å². The first-order chi connectivity index (χ1) is 15.1. The topological polar surface area (TPSA) is 107 Å². The third-order valence-electron chi connectivity index (χ3n) is 5.10. The van der Waals surface area contributed by atoms with Crippen molar-refractivity contribution < 1.29 is 14.6 Å². The number of phenols is 1. The van der Waals surface area contributed by atoms with Gasteiger partial charge >= 0.3 is 0 Å². The van der Waals surface area contributed by atoms with Gasteiger partial charge in [0.15, 0.2) is 17.3 Å². The Morgan fingerprint density at radius 1 is 1.26 bits per heavy atom. The van der Waals surface area contributed by atoms with Gasteiger partial charge in [-0.3, -0.25) is 9.36 Å². The largest absolute Gasteiger partial charge is 0.506 e. The number of aromatic hydroxyl groups is 1. The van der Waals surface area contributed by atoms with Crippen LogP contribution in [0.3, 0.4) is 0 Å². The maximum Gasteiger partial charge on any atom is 0.276 e. The Balaban J connectivity index is 1.64. The third-order valence-corrected chi connectivity index (χ3v) is 5.34. The lowest BCUT2D eigenvalue weighted by Gasteiger charge is -2.10. The Morgan fingerprint density at radius 2 is 2.10 bits per heavy atom. The summed E-state index contributed by atoms with van der Waals surface area (Å²) in [6.07, 6.45) is 1.59. The van der Waals surface area contributed by atoms with Crippen LogP contribution >= 0.6 is 11.6 Å². The fourth-order valence-corrected chi connectivity index (χ4v) is 3.84. The van der Waals surface area contributed by atoms with Crippen molar-refractivity contribution in [3.8, 4) is 22.8 Å². The Morgan fingerprint density at radius 3 is 2.90 bits per heavy atom. The molecule has 9 nitrogen and oxygen atoms in total. The molecule has 0 atom stereocenters. The number of anilines is 1. The van der Waals surface area contributed by atoms with Crippen molar-refractivity contribution in [1.29, 1.82) is 0 Å². The van der Waals surface area contributed by atoms with Crippen molar-refractivity contribution in [2.45, 2.75) is 13.2 Å². The minimum absolute atomic E-state index is 0.0235. The number of aromatic nitrogens is 5. The average molecular weight is 437 g/mol. The van der Waals surface area contributed by atoms with Crippen molar-refractivity contribution in [1.82, 2.24) is 24.3 Å². The monoisotopic (exact) mass is 436 g/mol. The predicted octanol–water partition coefficient (Wildman–Crippen LogP) is 3.25. The molecular weight excluding hydrogens is 420 g/mol. The Bertz CT molecular complexity index is 1310. The van der Waals surface area contributed by atoms with Gasteiger partial charge in [-0.2, -0.15) is 0 Å². The second-order valence-electron chi connectivity index (χ2n) is 7.00. The lowest BCUT2D eigenvalue weighted by atomic mass is 10.1. The minimum Gasteiger partial charge on any atom is -0.506 e. The molecule has 0 unspecified atom stereocenters. The van der Waals surface area contributed by atoms with Gasteiger partial charge in [0.1, 0.15) is 18.7 Å². The van der Waals surface area contributed by atoms with Crippen LogP contribution in [0.4, 0.5) is 5.69 Å². The first kappa shape index (κ1) is 19.3. The molecule has 1 aliphatic heterocycles. The van der Waals surface area contributed by atoms with Gasteiger partial charge < -0.3 is 19.7 Å². The zero-order chi connectivity index (χ0) is 21.5. The molecule has 31 heavy (non-hydrogen) atoms. The molecule has 2 aromatic carbocycles. The Hall–Kier alpha value is -3.69. The van der Waals surface area contributed by atoms with Gasteiger partial charge in [-0.1, -0.05) is 23.7 Å². The summed E-state index contributed by atoms with van der Waals surface area (Å²) >= 11 is 6.26. The average Bonchev–Trinajstić information content (AvgIpc) is 3.32. The third kappa shape index (κ3) is 3.24. The minimum atomic E-state index is -0.435. The number of nitrogens with one attached hydrogen (secondary N) is 1. The highest BCUT2D eigenvalue weighted by molar-refractivity contribution is 6.31. The highest BCUT2D eigenvalue weighted by Gasteiger charge is 2.28. The fraction of sp³-hybridized carbons (Fsp3) is 0.143. The number of hydrogen-bond donors (Lipinski definition) is 2.